The van der Waals surface area contributed by atoms with Gasteiger partial charge >= 0.3 is 0 Å². The SMILES string of the molecule is CN(Cc1ccc(-c2nc(C3CCNCC3)cc(=O)[nH]2)cc1)Cc1ccoc1. The molecular weight excluding hydrogens is 352 g/mol. The van der Waals surface area contributed by atoms with Crippen LogP contribution in [0.2, 0.25) is 0 Å². The highest BCUT2D eigenvalue weighted by Gasteiger charge is 2.18. The number of rotatable bonds is 6. The zero-order chi connectivity index (χ0) is 19.3. The Hall–Kier alpha value is -2.70. The number of benzene rings is 1. The summed E-state index contributed by atoms with van der Waals surface area (Å²) >= 11 is 0. The van der Waals surface area contributed by atoms with Gasteiger partial charge in [-0.2, -0.15) is 0 Å². The summed E-state index contributed by atoms with van der Waals surface area (Å²) in [6.45, 7) is 3.64. The molecule has 0 bridgehead atoms. The predicted octanol–water partition coefficient (Wildman–Crippen LogP) is 3.13. The second kappa shape index (κ2) is 8.54. The summed E-state index contributed by atoms with van der Waals surface area (Å²) in [5.41, 5.74) is 4.14. The Bertz CT molecular complexity index is 941. The average molecular weight is 378 g/mol. The van der Waals surface area contributed by atoms with Gasteiger partial charge in [0.05, 0.1) is 18.2 Å². The highest BCUT2D eigenvalue weighted by atomic mass is 16.3. The Labute approximate surface area is 164 Å². The zero-order valence-electron chi connectivity index (χ0n) is 16.1. The molecule has 2 N–H and O–H groups in total. The average Bonchev–Trinajstić information content (AvgIpc) is 3.21. The van der Waals surface area contributed by atoms with Crippen molar-refractivity contribution in [3.8, 4) is 11.4 Å². The second-order valence-corrected chi connectivity index (χ2v) is 7.54. The van der Waals surface area contributed by atoms with E-state index in [1.54, 1.807) is 18.6 Å². The fraction of sp³-hybridized carbons (Fsp3) is 0.364. The fourth-order valence-electron chi connectivity index (χ4n) is 3.77. The number of aromatic nitrogens is 2. The van der Waals surface area contributed by atoms with E-state index in [1.807, 2.05) is 18.2 Å². The largest absolute Gasteiger partial charge is 0.472 e. The van der Waals surface area contributed by atoms with Crippen LogP contribution in [0.5, 0.6) is 0 Å². The van der Waals surface area contributed by atoms with Crippen LogP contribution in [-0.4, -0.2) is 35.0 Å². The van der Waals surface area contributed by atoms with E-state index >= 15 is 0 Å². The van der Waals surface area contributed by atoms with Crippen molar-refractivity contribution in [2.24, 2.45) is 0 Å². The van der Waals surface area contributed by atoms with Crippen LogP contribution in [0.15, 0.2) is 58.1 Å². The highest BCUT2D eigenvalue weighted by molar-refractivity contribution is 5.55. The van der Waals surface area contributed by atoms with Crippen molar-refractivity contribution >= 4 is 0 Å². The number of nitrogens with one attached hydrogen (secondary N) is 2. The Morgan fingerprint density at radius 2 is 1.86 bits per heavy atom. The molecule has 1 aliphatic heterocycles. The lowest BCUT2D eigenvalue weighted by Crippen LogP contribution is -2.28. The van der Waals surface area contributed by atoms with Gasteiger partial charge < -0.3 is 14.7 Å². The Balaban J connectivity index is 1.47. The van der Waals surface area contributed by atoms with Crippen LogP contribution >= 0.6 is 0 Å². The van der Waals surface area contributed by atoms with Gasteiger partial charge in [-0.15, -0.1) is 0 Å². The summed E-state index contributed by atoms with van der Waals surface area (Å²) in [4.78, 5) is 22.1. The van der Waals surface area contributed by atoms with Gasteiger partial charge in [-0.3, -0.25) is 9.69 Å². The maximum absolute atomic E-state index is 12.2. The van der Waals surface area contributed by atoms with Crippen LogP contribution in [-0.2, 0) is 13.1 Å². The van der Waals surface area contributed by atoms with Gasteiger partial charge in [-0.25, -0.2) is 4.98 Å². The van der Waals surface area contributed by atoms with Crippen LogP contribution in [0.3, 0.4) is 0 Å². The van der Waals surface area contributed by atoms with E-state index in [1.165, 1.54) is 5.56 Å². The molecule has 1 saturated heterocycles. The van der Waals surface area contributed by atoms with Crippen molar-refractivity contribution in [3.63, 3.8) is 0 Å². The van der Waals surface area contributed by atoms with E-state index in [0.29, 0.717) is 11.7 Å². The molecule has 0 aliphatic carbocycles. The monoisotopic (exact) mass is 378 g/mol. The third kappa shape index (κ3) is 4.58. The summed E-state index contributed by atoms with van der Waals surface area (Å²) in [6, 6.07) is 11.9. The Morgan fingerprint density at radius 1 is 1.11 bits per heavy atom. The molecule has 3 aromatic rings. The predicted molar refractivity (Wildman–Crippen MR) is 109 cm³/mol. The number of nitrogens with zero attached hydrogens (tertiary/aromatic N) is 2. The molecule has 2 aromatic heterocycles. The van der Waals surface area contributed by atoms with Gasteiger partial charge in [-0.05, 0) is 44.6 Å². The molecule has 6 heteroatoms. The molecule has 0 unspecified atom stereocenters. The van der Waals surface area contributed by atoms with E-state index in [-0.39, 0.29) is 5.56 Å². The van der Waals surface area contributed by atoms with Crippen molar-refractivity contribution in [1.29, 1.82) is 0 Å². The molecule has 0 saturated carbocycles. The quantitative estimate of drug-likeness (QED) is 0.689. The van der Waals surface area contributed by atoms with Crippen molar-refractivity contribution in [2.75, 3.05) is 20.1 Å². The van der Waals surface area contributed by atoms with E-state index in [9.17, 15) is 4.79 Å². The maximum atomic E-state index is 12.2. The van der Waals surface area contributed by atoms with Gasteiger partial charge in [0.2, 0.25) is 0 Å². The highest BCUT2D eigenvalue weighted by Crippen LogP contribution is 2.24. The van der Waals surface area contributed by atoms with Gasteiger partial charge in [0.25, 0.3) is 5.56 Å². The fourth-order valence-corrected chi connectivity index (χ4v) is 3.77. The smallest absolute Gasteiger partial charge is 0.251 e. The minimum absolute atomic E-state index is 0.0811. The first-order valence-corrected chi connectivity index (χ1v) is 9.78. The van der Waals surface area contributed by atoms with Gasteiger partial charge in [0.15, 0.2) is 0 Å². The van der Waals surface area contributed by atoms with Gasteiger partial charge in [-0.1, -0.05) is 24.3 Å². The summed E-state index contributed by atoms with van der Waals surface area (Å²) in [7, 11) is 2.09. The lowest BCUT2D eigenvalue weighted by atomic mass is 9.94. The van der Waals surface area contributed by atoms with E-state index in [4.69, 9.17) is 9.40 Å². The summed E-state index contributed by atoms with van der Waals surface area (Å²) in [6.07, 6.45) is 5.52. The van der Waals surface area contributed by atoms with Crippen LogP contribution < -0.4 is 10.9 Å². The molecule has 0 radical (unpaired) electrons. The van der Waals surface area contributed by atoms with Crippen LogP contribution in [0, 0.1) is 0 Å². The number of furan rings is 1. The van der Waals surface area contributed by atoms with Crippen LogP contribution in [0.1, 0.15) is 35.6 Å². The molecule has 6 nitrogen and oxygen atoms in total. The molecule has 4 rings (SSSR count). The lowest BCUT2D eigenvalue weighted by Gasteiger charge is -2.22. The van der Waals surface area contributed by atoms with Crippen molar-refractivity contribution in [3.05, 3.63) is 76.1 Å². The molecule has 1 aromatic carbocycles. The normalized spacial score (nSPS) is 15.2. The zero-order valence-corrected chi connectivity index (χ0v) is 16.1. The first-order chi connectivity index (χ1) is 13.7. The summed E-state index contributed by atoms with van der Waals surface area (Å²) < 4.78 is 5.13. The van der Waals surface area contributed by atoms with Crippen molar-refractivity contribution < 1.29 is 4.42 Å². The summed E-state index contributed by atoms with van der Waals surface area (Å²) in [5, 5.41) is 3.36. The number of hydrogen-bond acceptors (Lipinski definition) is 5. The van der Waals surface area contributed by atoms with Crippen molar-refractivity contribution in [2.45, 2.75) is 31.8 Å². The molecule has 28 heavy (non-hydrogen) atoms. The number of piperidine rings is 1. The van der Waals surface area contributed by atoms with Gasteiger partial charge in [0.1, 0.15) is 5.82 Å². The maximum Gasteiger partial charge on any atom is 0.251 e. The molecule has 1 fully saturated rings. The first-order valence-electron chi connectivity index (χ1n) is 9.78. The van der Waals surface area contributed by atoms with Crippen LogP contribution in [0.4, 0.5) is 0 Å². The summed E-state index contributed by atoms with van der Waals surface area (Å²) in [5.74, 6) is 1.01. The molecule has 0 amide bonds. The molecule has 146 valence electrons. The van der Waals surface area contributed by atoms with E-state index < -0.39 is 0 Å². The standard InChI is InChI=1S/C22H26N4O2/c1-26(14-17-8-11-28-15-17)13-16-2-4-19(5-3-16)22-24-20(12-21(27)25-22)18-6-9-23-10-7-18/h2-5,8,11-12,15,18,23H,6-7,9-10,13-14H2,1H3,(H,24,25,27). The topological polar surface area (TPSA) is 74.2 Å². The molecular formula is C22H26N4O2. The molecule has 1 aliphatic rings. The second-order valence-electron chi connectivity index (χ2n) is 7.54. The first kappa shape index (κ1) is 18.7. The number of hydrogen-bond donors (Lipinski definition) is 2. The molecule has 0 spiro atoms. The van der Waals surface area contributed by atoms with Crippen molar-refractivity contribution in [1.82, 2.24) is 20.2 Å². The third-order valence-corrected chi connectivity index (χ3v) is 5.23. The Kier molecular flexibility index (Phi) is 5.69. The minimum Gasteiger partial charge on any atom is -0.472 e. The number of H-pyrrole nitrogens is 1. The van der Waals surface area contributed by atoms with E-state index in [0.717, 1.165) is 55.8 Å². The third-order valence-electron chi connectivity index (χ3n) is 5.23. The minimum atomic E-state index is -0.0811. The molecule has 3 heterocycles. The Morgan fingerprint density at radius 3 is 2.57 bits per heavy atom. The molecule has 0 atom stereocenters. The number of aromatic amines is 1. The lowest BCUT2D eigenvalue weighted by molar-refractivity contribution is 0.318. The van der Waals surface area contributed by atoms with Gasteiger partial charge in [0, 0.05) is 36.2 Å². The van der Waals surface area contributed by atoms with E-state index in [2.05, 4.69) is 34.4 Å². The van der Waals surface area contributed by atoms with Crippen LogP contribution in [0.25, 0.3) is 11.4 Å².